The summed E-state index contributed by atoms with van der Waals surface area (Å²) in [6, 6.07) is 38.8. The van der Waals surface area contributed by atoms with Crippen molar-refractivity contribution >= 4 is 17.4 Å². The van der Waals surface area contributed by atoms with Gasteiger partial charge in [0.15, 0.2) is 0 Å². The van der Waals surface area contributed by atoms with Gasteiger partial charge < -0.3 is 34.5 Å². The molecule has 0 aromatic heterocycles. The van der Waals surface area contributed by atoms with E-state index in [-0.39, 0.29) is 11.8 Å². The van der Waals surface area contributed by atoms with Gasteiger partial charge in [-0.05, 0) is 151 Å². The van der Waals surface area contributed by atoms with Crippen molar-refractivity contribution in [2.45, 2.75) is 82.5 Å². The molecule has 5 aromatic rings. The zero-order chi connectivity index (χ0) is 46.4. The molecule has 10 heteroatoms. The predicted molar refractivity (Wildman–Crippen MR) is 267 cm³/mol. The Morgan fingerprint density at radius 3 is 2.15 bits per heavy atom. The molecule has 6 aliphatic rings. The van der Waals surface area contributed by atoms with Crippen molar-refractivity contribution in [1.29, 1.82) is 0 Å². The average Bonchev–Trinajstić information content (AvgIpc) is 4.13. The van der Waals surface area contributed by atoms with Crippen molar-refractivity contribution in [3.8, 4) is 23.0 Å². The van der Waals surface area contributed by atoms with E-state index < -0.39 is 0 Å². The highest BCUT2D eigenvalue weighted by atomic mass is 16.5. The minimum atomic E-state index is -0.0181. The highest BCUT2D eigenvalue weighted by Crippen LogP contribution is 2.42. The monoisotopic (exact) mass is 912 g/mol. The molecule has 2 unspecified atom stereocenters. The number of rotatable bonds is 14. The first-order valence-corrected chi connectivity index (χ1v) is 24.7. The molecular formula is C58H64N4O6. The van der Waals surface area contributed by atoms with Crippen LogP contribution in [0.1, 0.15) is 98.5 Å². The largest absolute Gasteiger partial charge is 0.497 e. The van der Waals surface area contributed by atoms with Crippen LogP contribution in [0.15, 0.2) is 127 Å². The second-order valence-electron chi connectivity index (χ2n) is 19.2. The summed E-state index contributed by atoms with van der Waals surface area (Å²) in [5.74, 6) is 4.28. The minimum Gasteiger partial charge on any atom is -0.497 e. The van der Waals surface area contributed by atoms with Gasteiger partial charge in [0.2, 0.25) is 0 Å². The Labute approximate surface area is 401 Å². The smallest absolute Gasteiger partial charge is 0.252 e. The first kappa shape index (κ1) is 45.4. The lowest BCUT2D eigenvalue weighted by molar-refractivity contribution is 0.0957. The van der Waals surface area contributed by atoms with Crippen LogP contribution < -0.4 is 29.6 Å². The van der Waals surface area contributed by atoms with Gasteiger partial charge in [-0.25, -0.2) is 0 Å². The van der Waals surface area contributed by atoms with Crippen LogP contribution in [0.25, 0.3) is 5.57 Å². The van der Waals surface area contributed by atoms with Gasteiger partial charge in [0, 0.05) is 61.7 Å². The zero-order valence-electron chi connectivity index (χ0n) is 39.4. The highest BCUT2D eigenvalue weighted by molar-refractivity contribution is 5.99. The second-order valence-corrected chi connectivity index (χ2v) is 19.2. The number of nitrogens with one attached hydrogen (secondary N) is 2. The number of benzene rings is 5. The molecule has 2 bridgehead atoms. The van der Waals surface area contributed by atoms with Crippen molar-refractivity contribution in [1.82, 2.24) is 20.4 Å². The van der Waals surface area contributed by atoms with E-state index in [1.807, 2.05) is 54.6 Å². The maximum atomic E-state index is 12.1. The summed E-state index contributed by atoms with van der Waals surface area (Å²) in [6.45, 7) is 11.4. The van der Waals surface area contributed by atoms with E-state index in [1.165, 1.54) is 46.2 Å². The standard InChI is InChI=1S/C31H34N2O3.C27H30N2O3/c34-31-29-19-27(8-6-25(29)20-32-31)36-21-26-11-15-33(14-10-22-4-2-1-3-5-22)16-12-28(26)23-7-9-30-24(18-23)13-17-35-30;1-3-12-29-21-7-8-22(29)14-25(18-4-9-23(31-2)10-5-18)20(13-21)17-32-24-11-6-19-16-28-27(30)26(19)15-24/h1-9,18-19,26,28H,10-17,20-21H2,(H,32,34);3-6,9-11,15,21-22H,1,7-8,12-14,16-17H2,2H3,(H,28,30)/t26-,28-;/m1./s1. The topological polar surface area (TPSA) is 102 Å². The Morgan fingerprint density at radius 2 is 1.43 bits per heavy atom. The van der Waals surface area contributed by atoms with Gasteiger partial charge in [0.05, 0.1) is 20.3 Å². The van der Waals surface area contributed by atoms with Crippen LogP contribution in [0.4, 0.5) is 0 Å². The normalized spacial score (nSPS) is 21.8. The maximum Gasteiger partial charge on any atom is 0.252 e. The number of fused-ring (bicyclic) bond motifs is 5. The van der Waals surface area contributed by atoms with E-state index in [0.29, 0.717) is 50.2 Å². The minimum absolute atomic E-state index is 0.00258. The molecule has 352 valence electrons. The van der Waals surface area contributed by atoms with Crippen LogP contribution in [0.5, 0.6) is 23.0 Å². The average molecular weight is 913 g/mol. The van der Waals surface area contributed by atoms with Gasteiger partial charge in [0.1, 0.15) is 29.6 Å². The summed E-state index contributed by atoms with van der Waals surface area (Å²) in [6.07, 6.45) is 10.8. The Balaban J connectivity index is 0.000000160. The molecule has 68 heavy (non-hydrogen) atoms. The highest BCUT2D eigenvalue weighted by Gasteiger charge is 2.37. The molecule has 4 atom stereocenters. The molecule has 0 spiro atoms. The van der Waals surface area contributed by atoms with Crippen molar-refractivity contribution < 1.29 is 28.5 Å². The summed E-state index contributed by atoms with van der Waals surface area (Å²) < 4.78 is 23.8. The Bertz CT molecular complexity index is 2650. The van der Waals surface area contributed by atoms with Crippen molar-refractivity contribution in [2.75, 3.05) is 53.1 Å². The van der Waals surface area contributed by atoms with Gasteiger partial charge in [-0.3, -0.25) is 14.5 Å². The Morgan fingerprint density at radius 1 is 0.735 bits per heavy atom. The molecular weight excluding hydrogens is 849 g/mol. The molecule has 2 saturated heterocycles. The van der Waals surface area contributed by atoms with E-state index in [0.717, 1.165) is 117 Å². The number of methoxy groups -OCH3 is 1. The summed E-state index contributed by atoms with van der Waals surface area (Å²) in [5, 5.41) is 5.76. The van der Waals surface area contributed by atoms with Gasteiger partial charge in [-0.2, -0.15) is 0 Å². The molecule has 6 aliphatic heterocycles. The lowest BCUT2D eigenvalue weighted by atomic mass is 9.82. The van der Waals surface area contributed by atoms with Crippen LogP contribution >= 0.6 is 0 Å². The molecule has 11 rings (SSSR count). The molecule has 5 aromatic carbocycles. The molecule has 2 amide bonds. The molecule has 0 saturated carbocycles. The first-order valence-electron chi connectivity index (χ1n) is 24.7. The number of carbonyl (C=O) groups is 2. The van der Waals surface area contributed by atoms with Crippen LogP contribution in [-0.4, -0.2) is 86.8 Å². The van der Waals surface area contributed by atoms with E-state index in [4.69, 9.17) is 18.9 Å². The summed E-state index contributed by atoms with van der Waals surface area (Å²) in [7, 11) is 1.70. The fourth-order valence-corrected chi connectivity index (χ4v) is 11.3. The van der Waals surface area contributed by atoms with E-state index >= 15 is 0 Å². The Kier molecular flexibility index (Phi) is 13.9. The van der Waals surface area contributed by atoms with Crippen LogP contribution in [0.3, 0.4) is 0 Å². The third kappa shape index (κ3) is 10.2. The quantitative estimate of drug-likeness (QED) is 0.106. The predicted octanol–water partition coefficient (Wildman–Crippen LogP) is 9.57. The Hall–Kier alpha value is -6.36. The SMILES string of the molecule is C=CCN1C2CCC1CC(c1ccc(OC)cc1)=C(COc1ccc3c(c1)C(=O)NC3)C2.O=C1NCc2ccc(OC[C@H]3CCN(CCc4ccccc4)CC[C@@H]3c3ccc4c(c3)CCO4)cc21. The summed E-state index contributed by atoms with van der Waals surface area (Å²) in [5.41, 5.74) is 11.7. The molecule has 10 nitrogen and oxygen atoms in total. The third-order valence-corrected chi connectivity index (χ3v) is 15.1. The van der Waals surface area contributed by atoms with E-state index in [9.17, 15) is 9.59 Å². The lowest BCUT2D eigenvalue weighted by Gasteiger charge is -2.27. The first-order chi connectivity index (χ1) is 33.4. The number of hydrogen-bond acceptors (Lipinski definition) is 8. The number of nitrogens with zero attached hydrogens (tertiary/aromatic N) is 2. The van der Waals surface area contributed by atoms with Gasteiger partial charge in [0.25, 0.3) is 11.8 Å². The fraction of sp³-hybridized carbons (Fsp3) is 0.379. The number of likely N-dealkylation sites (tertiary alicyclic amines) is 1. The number of carbonyl (C=O) groups excluding carboxylic acids is 2. The zero-order valence-corrected chi connectivity index (χ0v) is 39.4. The maximum absolute atomic E-state index is 12.1. The van der Waals surface area contributed by atoms with Gasteiger partial charge in [-0.15, -0.1) is 6.58 Å². The van der Waals surface area contributed by atoms with Crippen molar-refractivity contribution in [3.63, 3.8) is 0 Å². The van der Waals surface area contributed by atoms with E-state index in [2.05, 4.69) is 87.7 Å². The molecule has 6 heterocycles. The molecule has 0 radical (unpaired) electrons. The summed E-state index contributed by atoms with van der Waals surface area (Å²) in [4.78, 5) is 29.4. The molecule has 2 fully saturated rings. The van der Waals surface area contributed by atoms with Crippen LogP contribution in [0, 0.1) is 5.92 Å². The van der Waals surface area contributed by atoms with Crippen LogP contribution in [-0.2, 0) is 25.9 Å². The fourth-order valence-electron chi connectivity index (χ4n) is 11.3. The molecule has 2 N–H and O–H groups in total. The number of ether oxygens (including phenoxy) is 4. The van der Waals surface area contributed by atoms with Crippen molar-refractivity contribution in [2.24, 2.45) is 5.92 Å². The second kappa shape index (κ2) is 20.9. The van der Waals surface area contributed by atoms with E-state index in [1.54, 1.807) is 7.11 Å². The van der Waals surface area contributed by atoms with Gasteiger partial charge >= 0.3 is 0 Å². The van der Waals surface area contributed by atoms with Gasteiger partial charge in [-0.1, -0.05) is 72.8 Å². The van der Waals surface area contributed by atoms with Crippen molar-refractivity contribution in [3.05, 3.63) is 172 Å². The summed E-state index contributed by atoms with van der Waals surface area (Å²) >= 11 is 0. The third-order valence-electron chi connectivity index (χ3n) is 15.1. The number of amides is 2. The molecule has 0 aliphatic carbocycles. The van der Waals surface area contributed by atoms with Crippen LogP contribution in [0.2, 0.25) is 0 Å². The lowest BCUT2D eigenvalue weighted by Crippen LogP contribution is -2.35. The number of hydrogen-bond donors (Lipinski definition) is 2.